The van der Waals surface area contributed by atoms with Crippen LogP contribution in [0.15, 0.2) is 79.1 Å². The lowest BCUT2D eigenvalue weighted by Gasteiger charge is -2.09. The number of benzene rings is 3. The van der Waals surface area contributed by atoms with Crippen molar-refractivity contribution in [1.29, 1.82) is 0 Å². The maximum atomic E-state index is 5.89. The zero-order valence-electron chi connectivity index (χ0n) is 13.0. The lowest BCUT2D eigenvalue weighted by molar-refractivity contribution is 1.22. The third-order valence-electron chi connectivity index (χ3n) is 3.91. The molecule has 1 aromatic heterocycles. The summed E-state index contributed by atoms with van der Waals surface area (Å²) in [5.74, 6) is 0.750. The van der Waals surface area contributed by atoms with Crippen LogP contribution in [0.3, 0.4) is 0 Å². The highest BCUT2D eigenvalue weighted by molar-refractivity contribution is 5.92. The third kappa shape index (κ3) is 2.77. The number of nitrogens with two attached hydrogens (primary N) is 1. The smallest absolute Gasteiger partial charge is 0.141 e. The minimum atomic E-state index is 0.694. The van der Waals surface area contributed by atoms with E-state index in [-0.39, 0.29) is 0 Å². The number of hydrogen-bond acceptors (Lipinski definition) is 4. The van der Waals surface area contributed by atoms with Crippen molar-refractivity contribution in [2.75, 3.05) is 11.1 Å². The minimum Gasteiger partial charge on any atom is -0.399 e. The van der Waals surface area contributed by atoms with Gasteiger partial charge in [-0.15, -0.1) is 0 Å². The average Bonchev–Trinajstić information content (AvgIpc) is 2.64. The predicted molar refractivity (Wildman–Crippen MR) is 99.1 cm³/mol. The van der Waals surface area contributed by atoms with Crippen LogP contribution in [-0.4, -0.2) is 9.97 Å². The number of fused-ring (bicyclic) bond motifs is 1. The lowest BCUT2D eigenvalue weighted by Crippen LogP contribution is -1.96. The first kappa shape index (κ1) is 14.2. The van der Waals surface area contributed by atoms with E-state index < -0.39 is 0 Å². The van der Waals surface area contributed by atoms with Gasteiger partial charge in [-0.1, -0.05) is 42.5 Å². The van der Waals surface area contributed by atoms with Gasteiger partial charge in [0, 0.05) is 16.8 Å². The van der Waals surface area contributed by atoms with Crippen LogP contribution in [0.4, 0.5) is 17.2 Å². The number of hydrogen-bond donors (Lipinski definition) is 2. The maximum Gasteiger partial charge on any atom is 0.141 e. The van der Waals surface area contributed by atoms with Crippen LogP contribution >= 0.6 is 0 Å². The zero-order chi connectivity index (χ0) is 16.4. The van der Waals surface area contributed by atoms with Gasteiger partial charge in [0.25, 0.3) is 0 Å². The Labute approximate surface area is 140 Å². The highest BCUT2D eigenvalue weighted by Crippen LogP contribution is 2.26. The average molecular weight is 312 g/mol. The number of nitrogens with zero attached hydrogens (tertiary/aromatic N) is 2. The number of nitrogens with one attached hydrogen (secondary N) is 1. The molecule has 3 N–H and O–H groups in total. The molecule has 4 aromatic rings. The second-order valence-electron chi connectivity index (χ2n) is 5.57. The Bertz CT molecular complexity index is 979. The van der Waals surface area contributed by atoms with E-state index in [1.54, 1.807) is 6.33 Å². The molecular formula is C20H16N4. The maximum absolute atomic E-state index is 5.89. The van der Waals surface area contributed by atoms with Crippen LogP contribution in [-0.2, 0) is 0 Å². The second kappa shape index (κ2) is 6.01. The Morgan fingerprint density at radius 3 is 2.29 bits per heavy atom. The van der Waals surface area contributed by atoms with E-state index in [9.17, 15) is 0 Å². The van der Waals surface area contributed by atoms with Crippen molar-refractivity contribution < 1.29 is 0 Å². The summed E-state index contributed by atoms with van der Waals surface area (Å²) >= 11 is 0. The molecule has 0 saturated carbocycles. The van der Waals surface area contributed by atoms with Crippen molar-refractivity contribution in [1.82, 2.24) is 9.97 Å². The van der Waals surface area contributed by atoms with Crippen molar-refractivity contribution >= 4 is 28.1 Å². The van der Waals surface area contributed by atoms with E-state index in [1.165, 1.54) is 11.1 Å². The molecule has 0 amide bonds. The standard InChI is InChI=1S/C20H16N4/c21-16-8-11-19-18(12-16)20(23-13-22-19)24-17-9-6-15(7-10-17)14-4-2-1-3-5-14/h1-13H,21H2,(H,22,23,24). The fraction of sp³-hybridized carbons (Fsp3) is 0. The number of aromatic nitrogens is 2. The highest BCUT2D eigenvalue weighted by atomic mass is 15.0. The summed E-state index contributed by atoms with van der Waals surface area (Å²) in [6, 6.07) is 24.2. The van der Waals surface area contributed by atoms with Crippen LogP contribution in [0.25, 0.3) is 22.0 Å². The van der Waals surface area contributed by atoms with Gasteiger partial charge in [-0.3, -0.25) is 0 Å². The lowest BCUT2D eigenvalue weighted by atomic mass is 10.1. The van der Waals surface area contributed by atoms with Gasteiger partial charge in [-0.25, -0.2) is 9.97 Å². The second-order valence-corrected chi connectivity index (χ2v) is 5.57. The first-order valence-corrected chi connectivity index (χ1v) is 7.72. The van der Waals surface area contributed by atoms with Gasteiger partial charge < -0.3 is 11.1 Å². The molecule has 4 heteroatoms. The van der Waals surface area contributed by atoms with Gasteiger partial charge in [-0.2, -0.15) is 0 Å². The monoisotopic (exact) mass is 312 g/mol. The Kier molecular flexibility index (Phi) is 3.56. The normalized spacial score (nSPS) is 10.7. The van der Waals surface area contributed by atoms with E-state index in [2.05, 4.69) is 39.6 Å². The molecule has 3 aromatic carbocycles. The van der Waals surface area contributed by atoms with E-state index >= 15 is 0 Å². The number of rotatable bonds is 3. The van der Waals surface area contributed by atoms with Crippen LogP contribution in [0.5, 0.6) is 0 Å². The number of anilines is 3. The fourth-order valence-corrected chi connectivity index (χ4v) is 2.69. The molecule has 0 radical (unpaired) electrons. The molecule has 0 atom stereocenters. The van der Waals surface area contributed by atoms with Crippen LogP contribution in [0.1, 0.15) is 0 Å². The number of nitrogen functional groups attached to an aromatic ring is 1. The molecule has 0 unspecified atom stereocenters. The first-order chi connectivity index (χ1) is 11.8. The molecule has 0 bridgehead atoms. The van der Waals surface area contributed by atoms with E-state index in [0.717, 1.165) is 22.4 Å². The van der Waals surface area contributed by atoms with Gasteiger partial charge in [0.05, 0.1) is 5.52 Å². The summed E-state index contributed by atoms with van der Waals surface area (Å²) < 4.78 is 0. The Hall–Kier alpha value is -3.40. The topological polar surface area (TPSA) is 63.8 Å². The van der Waals surface area contributed by atoms with Crippen molar-refractivity contribution in [2.24, 2.45) is 0 Å². The quantitative estimate of drug-likeness (QED) is 0.542. The Balaban J connectivity index is 1.65. The minimum absolute atomic E-state index is 0.694. The van der Waals surface area contributed by atoms with Crippen molar-refractivity contribution in [3.05, 3.63) is 79.1 Å². The molecule has 0 aliphatic carbocycles. The molecule has 4 nitrogen and oxygen atoms in total. The van der Waals surface area contributed by atoms with Crippen LogP contribution in [0.2, 0.25) is 0 Å². The molecule has 116 valence electrons. The van der Waals surface area contributed by atoms with Gasteiger partial charge in [0.2, 0.25) is 0 Å². The van der Waals surface area contributed by atoms with E-state index in [0.29, 0.717) is 5.69 Å². The molecule has 0 aliphatic rings. The molecule has 0 fully saturated rings. The molecule has 4 rings (SSSR count). The van der Waals surface area contributed by atoms with Crippen molar-refractivity contribution in [2.45, 2.75) is 0 Å². The fourth-order valence-electron chi connectivity index (χ4n) is 2.69. The van der Waals surface area contributed by atoms with Gasteiger partial charge in [0.1, 0.15) is 12.1 Å². The first-order valence-electron chi connectivity index (χ1n) is 7.72. The van der Waals surface area contributed by atoms with Gasteiger partial charge in [-0.05, 0) is 41.5 Å². The van der Waals surface area contributed by atoms with Gasteiger partial charge in [0.15, 0.2) is 0 Å². The predicted octanol–water partition coefficient (Wildman–Crippen LogP) is 4.62. The summed E-state index contributed by atoms with van der Waals surface area (Å²) in [6.45, 7) is 0. The van der Waals surface area contributed by atoms with Gasteiger partial charge >= 0.3 is 0 Å². The molecule has 0 aliphatic heterocycles. The summed E-state index contributed by atoms with van der Waals surface area (Å²) in [4.78, 5) is 8.62. The van der Waals surface area contributed by atoms with E-state index in [1.807, 2.05) is 48.5 Å². The molecule has 0 spiro atoms. The van der Waals surface area contributed by atoms with Crippen LogP contribution in [0, 0.1) is 0 Å². The Morgan fingerprint density at radius 1 is 0.750 bits per heavy atom. The Morgan fingerprint density at radius 2 is 1.50 bits per heavy atom. The largest absolute Gasteiger partial charge is 0.399 e. The highest BCUT2D eigenvalue weighted by Gasteiger charge is 2.05. The van der Waals surface area contributed by atoms with Crippen molar-refractivity contribution in [3.63, 3.8) is 0 Å². The SMILES string of the molecule is Nc1ccc2ncnc(Nc3ccc(-c4ccccc4)cc3)c2c1. The third-order valence-corrected chi connectivity index (χ3v) is 3.91. The summed E-state index contributed by atoms with van der Waals surface area (Å²) in [7, 11) is 0. The summed E-state index contributed by atoms with van der Waals surface area (Å²) in [5.41, 5.74) is 10.8. The molecular weight excluding hydrogens is 296 g/mol. The van der Waals surface area contributed by atoms with E-state index in [4.69, 9.17) is 5.73 Å². The summed E-state index contributed by atoms with van der Waals surface area (Å²) in [5, 5.41) is 4.25. The molecule has 0 saturated heterocycles. The van der Waals surface area contributed by atoms with Crippen LogP contribution < -0.4 is 11.1 Å². The summed E-state index contributed by atoms with van der Waals surface area (Å²) in [6.07, 6.45) is 1.55. The van der Waals surface area contributed by atoms with Crippen molar-refractivity contribution in [3.8, 4) is 11.1 Å². The molecule has 1 heterocycles. The molecule has 24 heavy (non-hydrogen) atoms. The zero-order valence-corrected chi connectivity index (χ0v) is 13.0.